The molecule has 2 aromatic carbocycles. The predicted octanol–water partition coefficient (Wildman–Crippen LogP) is 4.22. The Balaban J connectivity index is 1.65. The van der Waals surface area contributed by atoms with Crippen molar-refractivity contribution in [3.8, 4) is 0 Å². The van der Waals surface area contributed by atoms with Crippen LogP contribution in [-0.2, 0) is 9.84 Å². The van der Waals surface area contributed by atoms with Crippen LogP contribution in [0.2, 0.25) is 0 Å². The monoisotopic (exact) mass is 415 g/mol. The van der Waals surface area contributed by atoms with Gasteiger partial charge in [0, 0.05) is 30.3 Å². The third-order valence-electron chi connectivity index (χ3n) is 4.81. The lowest BCUT2D eigenvalue weighted by atomic mass is 9.88. The molecule has 1 aliphatic rings. The Kier molecular flexibility index (Phi) is 5.47. The van der Waals surface area contributed by atoms with Gasteiger partial charge in [0.05, 0.1) is 4.90 Å². The van der Waals surface area contributed by atoms with Crippen LogP contribution in [-0.4, -0.2) is 32.8 Å². The molecule has 4 nitrogen and oxygen atoms in total. The molecule has 150 valence electrons. The van der Waals surface area contributed by atoms with Crippen LogP contribution >= 0.6 is 0 Å². The molecule has 1 fully saturated rings. The number of ketones is 1. The number of carbonyl (C=O) groups excluding carboxylic acids is 1. The lowest BCUT2D eigenvalue weighted by molar-refractivity contribution is -0.0436. The summed E-state index contributed by atoms with van der Waals surface area (Å²) in [6.07, 6.45) is 1.08. The molecule has 0 aromatic heterocycles. The third-order valence-corrected chi connectivity index (χ3v) is 6.31. The number of hydrogen-bond acceptors (Lipinski definition) is 4. The zero-order chi connectivity index (χ0) is 20.5. The summed E-state index contributed by atoms with van der Waals surface area (Å²) in [4.78, 5) is 13.6. The quantitative estimate of drug-likeness (QED) is 0.554. The van der Waals surface area contributed by atoms with Gasteiger partial charge in [-0.2, -0.15) is 13.2 Å². The molecular formula is C19H17F4NO3S. The number of alkyl halides is 3. The van der Waals surface area contributed by atoms with E-state index in [9.17, 15) is 30.8 Å². The van der Waals surface area contributed by atoms with E-state index >= 15 is 0 Å². The van der Waals surface area contributed by atoms with Gasteiger partial charge in [-0.3, -0.25) is 4.79 Å². The third kappa shape index (κ3) is 4.04. The molecule has 0 radical (unpaired) electrons. The van der Waals surface area contributed by atoms with Crippen molar-refractivity contribution in [2.24, 2.45) is 5.92 Å². The summed E-state index contributed by atoms with van der Waals surface area (Å²) >= 11 is 0. The zero-order valence-electron chi connectivity index (χ0n) is 14.6. The fourth-order valence-corrected chi connectivity index (χ4v) is 3.98. The first-order valence-corrected chi connectivity index (χ1v) is 10.0. The number of halogens is 4. The summed E-state index contributed by atoms with van der Waals surface area (Å²) in [6.45, 7) is 1.01. The van der Waals surface area contributed by atoms with Gasteiger partial charge in [0.2, 0.25) is 0 Å². The summed E-state index contributed by atoms with van der Waals surface area (Å²) < 4.78 is 73.6. The molecule has 0 unspecified atom stereocenters. The van der Waals surface area contributed by atoms with E-state index in [1.807, 2.05) is 4.90 Å². The largest absolute Gasteiger partial charge is 0.501 e. The van der Waals surface area contributed by atoms with Gasteiger partial charge in [-0.15, -0.1) is 0 Å². The molecule has 0 amide bonds. The summed E-state index contributed by atoms with van der Waals surface area (Å²) in [5.41, 5.74) is -4.30. The summed E-state index contributed by atoms with van der Waals surface area (Å²) in [6, 6.07) is 9.91. The van der Waals surface area contributed by atoms with E-state index in [4.69, 9.17) is 0 Å². The Hall–Kier alpha value is -2.42. The van der Waals surface area contributed by atoms with Crippen molar-refractivity contribution < 1.29 is 30.8 Å². The van der Waals surface area contributed by atoms with E-state index in [1.54, 1.807) is 0 Å². The second-order valence-corrected chi connectivity index (χ2v) is 8.52. The number of benzene rings is 2. The number of Topliss-reactive ketones (excluding diaryl/α,β-unsaturated/α-hetero) is 1. The molecule has 1 aliphatic heterocycles. The van der Waals surface area contributed by atoms with E-state index in [0.717, 1.165) is 12.1 Å². The zero-order valence-corrected chi connectivity index (χ0v) is 15.4. The highest BCUT2D eigenvalue weighted by atomic mass is 32.2. The van der Waals surface area contributed by atoms with Gasteiger partial charge in [0.15, 0.2) is 5.78 Å². The van der Waals surface area contributed by atoms with Gasteiger partial charge in [0.25, 0.3) is 9.84 Å². The summed E-state index contributed by atoms with van der Waals surface area (Å²) in [5, 5.41) is 0. The lowest BCUT2D eigenvalue weighted by Crippen LogP contribution is -2.36. The molecular weight excluding hydrogens is 398 g/mol. The Bertz CT molecular complexity index is 946. The number of piperidine rings is 1. The first-order chi connectivity index (χ1) is 13.1. The summed E-state index contributed by atoms with van der Waals surface area (Å²) in [5.74, 6) is -0.694. The molecule has 1 saturated heterocycles. The van der Waals surface area contributed by atoms with Gasteiger partial charge in [-0.25, -0.2) is 12.8 Å². The van der Waals surface area contributed by atoms with Crippen LogP contribution in [0, 0.1) is 11.7 Å². The topological polar surface area (TPSA) is 54.5 Å². The number of carbonyl (C=O) groups is 1. The van der Waals surface area contributed by atoms with Crippen LogP contribution in [0.4, 0.5) is 23.2 Å². The Morgan fingerprint density at radius 2 is 1.46 bits per heavy atom. The minimum absolute atomic E-state index is 0.0636. The highest BCUT2D eigenvalue weighted by Crippen LogP contribution is 2.32. The van der Waals surface area contributed by atoms with Gasteiger partial charge >= 0.3 is 5.51 Å². The predicted molar refractivity (Wildman–Crippen MR) is 95.4 cm³/mol. The van der Waals surface area contributed by atoms with Gasteiger partial charge in [-0.1, -0.05) is 0 Å². The van der Waals surface area contributed by atoms with E-state index in [0.29, 0.717) is 37.2 Å². The van der Waals surface area contributed by atoms with Crippen molar-refractivity contribution in [1.29, 1.82) is 0 Å². The standard InChI is InChI=1S/C19H17F4NO3S/c20-15-3-1-13(2-4-15)18(25)14-9-11-24(12-10-14)16-5-7-17(8-6-16)28(26,27)19(21,22)23/h1-8,14H,9-12H2. The van der Waals surface area contributed by atoms with Crippen molar-refractivity contribution in [3.63, 3.8) is 0 Å². The van der Waals surface area contributed by atoms with Crippen molar-refractivity contribution >= 4 is 21.3 Å². The van der Waals surface area contributed by atoms with Crippen LogP contribution in [0.5, 0.6) is 0 Å². The van der Waals surface area contributed by atoms with Crippen LogP contribution < -0.4 is 4.90 Å². The number of hydrogen-bond donors (Lipinski definition) is 0. The second kappa shape index (κ2) is 7.54. The minimum Gasteiger partial charge on any atom is -0.371 e. The maximum absolute atomic E-state index is 13.0. The lowest BCUT2D eigenvalue weighted by Gasteiger charge is -2.33. The smallest absolute Gasteiger partial charge is 0.371 e. The molecule has 2 aromatic rings. The van der Waals surface area contributed by atoms with Crippen LogP contribution in [0.3, 0.4) is 0 Å². The minimum atomic E-state index is -5.37. The number of rotatable bonds is 4. The van der Waals surface area contributed by atoms with Crippen molar-refractivity contribution in [2.75, 3.05) is 18.0 Å². The molecule has 1 heterocycles. The van der Waals surface area contributed by atoms with E-state index in [1.165, 1.54) is 36.4 Å². The van der Waals surface area contributed by atoms with E-state index < -0.39 is 26.1 Å². The van der Waals surface area contributed by atoms with Crippen molar-refractivity contribution in [3.05, 3.63) is 59.9 Å². The molecule has 3 rings (SSSR count). The normalized spacial score (nSPS) is 16.2. The molecule has 0 saturated carbocycles. The molecule has 9 heteroatoms. The van der Waals surface area contributed by atoms with Crippen molar-refractivity contribution in [2.45, 2.75) is 23.2 Å². The average molecular weight is 415 g/mol. The molecule has 0 atom stereocenters. The average Bonchev–Trinajstić information content (AvgIpc) is 2.67. The Labute approximate surface area is 159 Å². The Morgan fingerprint density at radius 3 is 1.96 bits per heavy atom. The summed E-state index contributed by atoms with van der Waals surface area (Å²) in [7, 11) is -5.37. The number of anilines is 1. The van der Waals surface area contributed by atoms with Crippen LogP contribution in [0.1, 0.15) is 23.2 Å². The first kappa shape index (κ1) is 20.3. The Morgan fingerprint density at radius 1 is 0.929 bits per heavy atom. The van der Waals surface area contributed by atoms with Gasteiger partial charge in [0.1, 0.15) is 5.82 Å². The van der Waals surface area contributed by atoms with Crippen molar-refractivity contribution in [1.82, 2.24) is 0 Å². The van der Waals surface area contributed by atoms with Crippen LogP contribution in [0.15, 0.2) is 53.4 Å². The van der Waals surface area contributed by atoms with E-state index in [2.05, 4.69) is 0 Å². The maximum atomic E-state index is 13.0. The van der Waals surface area contributed by atoms with E-state index in [-0.39, 0.29) is 11.7 Å². The number of sulfone groups is 1. The SMILES string of the molecule is O=C(c1ccc(F)cc1)C1CCN(c2ccc(S(=O)(=O)C(F)(F)F)cc2)CC1. The first-order valence-electron chi connectivity index (χ1n) is 8.56. The van der Waals surface area contributed by atoms with Crippen LogP contribution in [0.25, 0.3) is 0 Å². The van der Waals surface area contributed by atoms with Gasteiger partial charge < -0.3 is 4.90 Å². The van der Waals surface area contributed by atoms with Gasteiger partial charge in [-0.05, 0) is 61.4 Å². The molecule has 0 aliphatic carbocycles. The highest BCUT2D eigenvalue weighted by molar-refractivity contribution is 7.92. The molecule has 28 heavy (non-hydrogen) atoms. The molecule has 0 spiro atoms. The maximum Gasteiger partial charge on any atom is 0.501 e. The highest BCUT2D eigenvalue weighted by Gasteiger charge is 2.46. The molecule has 0 bridgehead atoms. The number of nitrogens with zero attached hydrogens (tertiary/aromatic N) is 1. The fourth-order valence-electron chi connectivity index (χ4n) is 3.22. The second-order valence-electron chi connectivity index (χ2n) is 6.58. The fraction of sp³-hybridized carbons (Fsp3) is 0.316. The molecule has 0 N–H and O–H groups in total.